The maximum absolute atomic E-state index is 11.8. The van der Waals surface area contributed by atoms with Crippen LogP contribution in [0.15, 0.2) is 30.3 Å². The predicted octanol–water partition coefficient (Wildman–Crippen LogP) is 2.30. The molecule has 5 heteroatoms. The standard InChI is InChI=1S/C14H20N2O3/c1-14(2,3)16-13(19)15-11(9-12(17)18)10-7-5-4-6-8-10/h4-8,11H,9H2,1-3H3,(H,17,18)(H2,15,16,19). The molecule has 1 aromatic rings. The second-order valence-corrected chi connectivity index (χ2v) is 5.41. The van der Waals surface area contributed by atoms with Gasteiger partial charge in [0.25, 0.3) is 0 Å². The molecule has 1 unspecified atom stereocenters. The second kappa shape index (κ2) is 6.22. The highest BCUT2D eigenvalue weighted by atomic mass is 16.4. The fraction of sp³-hybridized carbons (Fsp3) is 0.429. The van der Waals surface area contributed by atoms with E-state index in [1.165, 1.54) is 0 Å². The molecule has 0 bridgehead atoms. The van der Waals surface area contributed by atoms with Crippen molar-refractivity contribution in [1.82, 2.24) is 10.6 Å². The largest absolute Gasteiger partial charge is 0.481 e. The zero-order chi connectivity index (χ0) is 14.5. The first-order valence-corrected chi connectivity index (χ1v) is 6.13. The number of hydrogen-bond donors (Lipinski definition) is 3. The molecule has 0 heterocycles. The third kappa shape index (κ3) is 5.90. The van der Waals surface area contributed by atoms with Crippen LogP contribution in [0.4, 0.5) is 4.79 Å². The van der Waals surface area contributed by atoms with Crippen LogP contribution in [0, 0.1) is 0 Å². The Morgan fingerprint density at radius 2 is 1.79 bits per heavy atom. The normalized spacial score (nSPS) is 12.6. The van der Waals surface area contributed by atoms with Gasteiger partial charge in [-0.2, -0.15) is 0 Å². The van der Waals surface area contributed by atoms with Gasteiger partial charge < -0.3 is 15.7 Å². The SMILES string of the molecule is CC(C)(C)NC(=O)NC(CC(=O)O)c1ccccc1. The lowest BCUT2D eigenvalue weighted by Crippen LogP contribution is -2.47. The number of carboxylic acids is 1. The lowest BCUT2D eigenvalue weighted by molar-refractivity contribution is -0.137. The highest BCUT2D eigenvalue weighted by Gasteiger charge is 2.20. The quantitative estimate of drug-likeness (QED) is 0.780. The van der Waals surface area contributed by atoms with Gasteiger partial charge in [-0.05, 0) is 26.3 Å². The fourth-order valence-electron chi connectivity index (χ4n) is 1.65. The van der Waals surface area contributed by atoms with Gasteiger partial charge in [0.05, 0.1) is 12.5 Å². The Morgan fingerprint density at radius 1 is 1.21 bits per heavy atom. The molecule has 0 aromatic heterocycles. The van der Waals surface area contributed by atoms with Crippen molar-refractivity contribution < 1.29 is 14.7 Å². The van der Waals surface area contributed by atoms with Crippen molar-refractivity contribution in [3.05, 3.63) is 35.9 Å². The predicted molar refractivity (Wildman–Crippen MR) is 72.9 cm³/mol. The van der Waals surface area contributed by atoms with E-state index in [1.807, 2.05) is 39.0 Å². The van der Waals surface area contributed by atoms with Crippen LogP contribution in [0.2, 0.25) is 0 Å². The Morgan fingerprint density at radius 3 is 2.26 bits per heavy atom. The van der Waals surface area contributed by atoms with Gasteiger partial charge in [0.15, 0.2) is 0 Å². The van der Waals surface area contributed by atoms with Crippen LogP contribution in [0.3, 0.4) is 0 Å². The summed E-state index contributed by atoms with van der Waals surface area (Å²) >= 11 is 0. The number of urea groups is 1. The number of hydrogen-bond acceptors (Lipinski definition) is 2. The Balaban J connectivity index is 2.76. The summed E-state index contributed by atoms with van der Waals surface area (Å²) in [5, 5.41) is 14.4. The van der Waals surface area contributed by atoms with E-state index in [0.29, 0.717) is 0 Å². The monoisotopic (exact) mass is 264 g/mol. The molecule has 1 rings (SSSR count). The zero-order valence-electron chi connectivity index (χ0n) is 11.4. The van der Waals surface area contributed by atoms with Crippen molar-refractivity contribution >= 4 is 12.0 Å². The first-order chi connectivity index (χ1) is 8.78. The van der Waals surface area contributed by atoms with E-state index in [0.717, 1.165) is 5.56 Å². The van der Waals surface area contributed by atoms with E-state index in [9.17, 15) is 9.59 Å². The van der Waals surface area contributed by atoms with Crippen LogP contribution in [-0.4, -0.2) is 22.6 Å². The lowest BCUT2D eigenvalue weighted by Gasteiger charge is -2.24. The van der Waals surface area contributed by atoms with Crippen LogP contribution < -0.4 is 10.6 Å². The van der Waals surface area contributed by atoms with Crippen LogP contribution in [-0.2, 0) is 4.79 Å². The summed E-state index contributed by atoms with van der Waals surface area (Å²) in [6, 6.07) is 8.15. The molecule has 2 amide bonds. The summed E-state index contributed by atoms with van der Waals surface area (Å²) in [5.41, 5.74) is 0.406. The Hall–Kier alpha value is -2.04. The highest BCUT2D eigenvalue weighted by Crippen LogP contribution is 2.16. The summed E-state index contributed by atoms with van der Waals surface area (Å²) in [4.78, 5) is 22.7. The summed E-state index contributed by atoms with van der Waals surface area (Å²) in [6.07, 6.45) is -0.151. The number of nitrogens with one attached hydrogen (secondary N) is 2. The molecule has 3 N–H and O–H groups in total. The molecule has 1 atom stereocenters. The molecule has 0 saturated carbocycles. The van der Waals surface area contributed by atoms with Gasteiger partial charge in [0.2, 0.25) is 0 Å². The number of carbonyl (C=O) groups is 2. The minimum Gasteiger partial charge on any atom is -0.481 e. The molecule has 104 valence electrons. The minimum absolute atomic E-state index is 0.151. The molecule has 0 aliphatic carbocycles. The first kappa shape index (κ1) is 15.0. The third-order valence-corrected chi connectivity index (χ3v) is 2.37. The van der Waals surface area contributed by atoms with Crippen LogP contribution in [0.1, 0.15) is 38.8 Å². The summed E-state index contributed by atoms with van der Waals surface area (Å²) < 4.78 is 0. The van der Waals surface area contributed by atoms with Gasteiger partial charge in [0.1, 0.15) is 0 Å². The van der Waals surface area contributed by atoms with Crippen molar-refractivity contribution in [2.45, 2.75) is 38.8 Å². The van der Waals surface area contributed by atoms with Crippen molar-refractivity contribution in [2.75, 3.05) is 0 Å². The van der Waals surface area contributed by atoms with Crippen LogP contribution in [0.5, 0.6) is 0 Å². The maximum atomic E-state index is 11.8. The van der Waals surface area contributed by atoms with Crippen molar-refractivity contribution in [3.63, 3.8) is 0 Å². The van der Waals surface area contributed by atoms with Gasteiger partial charge >= 0.3 is 12.0 Å². The van der Waals surface area contributed by atoms with Gasteiger partial charge in [0, 0.05) is 5.54 Å². The number of amides is 2. The Kier molecular flexibility index (Phi) is 4.92. The summed E-state index contributed by atoms with van der Waals surface area (Å²) in [5.74, 6) is -0.954. The van der Waals surface area contributed by atoms with Crippen molar-refractivity contribution in [1.29, 1.82) is 0 Å². The van der Waals surface area contributed by atoms with Crippen LogP contribution in [0.25, 0.3) is 0 Å². The molecule has 0 saturated heterocycles. The smallest absolute Gasteiger partial charge is 0.315 e. The van der Waals surface area contributed by atoms with E-state index < -0.39 is 12.0 Å². The summed E-state index contributed by atoms with van der Waals surface area (Å²) in [7, 11) is 0. The van der Waals surface area contributed by atoms with Crippen molar-refractivity contribution in [3.8, 4) is 0 Å². The fourth-order valence-corrected chi connectivity index (χ4v) is 1.65. The number of benzene rings is 1. The topological polar surface area (TPSA) is 78.4 Å². The molecular weight excluding hydrogens is 244 g/mol. The van der Waals surface area contributed by atoms with Crippen LogP contribution >= 0.6 is 0 Å². The molecule has 0 radical (unpaired) electrons. The molecule has 1 aromatic carbocycles. The minimum atomic E-state index is -0.954. The molecule has 0 spiro atoms. The maximum Gasteiger partial charge on any atom is 0.315 e. The number of carboxylic acid groups (broad SMARTS) is 1. The van der Waals surface area contributed by atoms with Gasteiger partial charge in [-0.25, -0.2) is 4.79 Å². The Bertz CT molecular complexity index is 438. The van der Waals surface area contributed by atoms with E-state index >= 15 is 0 Å². The molecule has 19 heavy (non-hydrogen) atoms. The molecule has 5 nitrogen and oxygen atoms in total. The van der Waals surface area contributed by atoms with E-state index in [4.69, 9.17) is 5.11 Å². The van der Waals surface area contributed by atoms with Gasteiger partial charge in [-0.1, -0.05) is 30.3 Å². The zero-order valence-corrected chi connectivity index (χ0v) is 11.4. The van der Waals surface area contributed by atoms with E-state index in [1.54, 1.807) is 12.1 Å². The summed E-state index contributed by atoms with van der Waals surface area (Å²) in [6.45, 7) is 5.59. The molecular formula is C14H20N2O3. The molecule has 0 fully saturated rings. The number of carbonyl (C=O) groups excluding carboxylic acids is 1. The van der Waals surface area contributed by atoms with Gasteiger partial charge in [-0.3, -0.25) is 4.79 Å². The molecule has 0 aliphatic heterocycles. The lowest BCUT2D eigenvalue weighted by atomic mass is 10.0. The number of aliphatic carboxylic acids is 1. The molecule has 0 aliphatic rings. The van der Waals surface area contributed by atoms with Crippen molar-refractivity contribution in [2.24, 2.45) is 0 Å². The number of rotatable bonds is 4. The highest BCUT2D eigenvalue weighted by molar-refractivity contribution is 5.76. The first-order valence-electron chi connectivity index (χ1n) is 6.13. The van der Waals surface area contributed by atoms with E-state index in [-0.39, 0.29) is 18.0 Å². The van der Waals surface area contributed by atoms with Gasteiger partial charge in [-0.15, -0.1) is 0 Å². The Labute approximate surface area is 113 Å². The second-order valence-electron chi connectivity index (χ2n) is 5.41. The van der Waals surface area contributed by atoms with E-state index in [2.05, 4.69) is 10.6 Å². The average molecular weight is 264 g/mol. The third-order valence-electron chi connectivity index (χ3n) is 2.37. The average Bonchev–Trinajstić information content (AvgIpc) is 2.26.